The lowest BCUT2D eigenvalue weighted by atomic mass is 9.92. The zero-order valence-corrected chi connectivity index (χ0v) is 32.0. The second kappa shape index (κ2) is 14.1. The quantitative estimate of drug-likeness (QED) is 0.203. The van der Waals surface area contributed by atoms with E-state index in [1.54, 1.807) is 12.4 Å². The number of aromatic nitrogens is 2. The summed E-state index contributed by atoms with van der Waals surface area (Å²) >= 11 is 0. The average Bonchev–Trinajstić information content (AvgIpc) is 2.97. The Morgan fingerprint density at radius 3 is 2.20 bits per heavy atom. The number of carbonyl (C=O) groups is 1. The maximum absolute atomic E-state index is 15.1. The molecule has 1 fully saturated rings. The molecule has 0 unspecified atom stereocenters. The number of hydrogen-bond acceptors (Lipinski definition) is 8. The van der Waals surface area contributed by atoms with Gasteiger partial charge in [0, 0.05) is 25.2 Å². The minimum atomic E-state index is -2.58. The number of carbonyl (C=O) groups excluding carboxylic acids is 1. The van der Waals surface area contributed by atoms with E-state index in [-0.39, 0.29) is 23.1 Å². The van der Waals surface area contributed by atoms with Crippen molar-refractivity contribution in [2.24, 2.45) is 5.92 Å². The van der Waals surface area contributed by atoms with Gasteiger partial charge in [0.05, 0.1) is 53.1 Å². The number of piperidine rings is 1. The van der Waals surface area contributed by atoms with E-state index in [9.17, 15) is 19.4 Å². The van der Waals surface area contributed by atoms with Gasteiger partial charge in [-0.2, -0.15) is 0 Å². The van der Waals surface area contributed by atoms with Crippen LogP contribution < -0.4 is 10.2 Å². The molecule has 0 aliphatic carbocycles. The number of ether oxygens (including phenoxy) is 1. The van der Waals surface area contributed by atoms with Crippen LogP contribution in [0.15, 0.2) is 42.7 Å². The molecule has 3 N–H and O–H groups in total. The zero-order valence-electron chi connectivity index (χ0n) is 31.0. The summed E-state index contributed by atoms with van der Waals surface area (Å²) in [6, 6.07) is 5.76. The van der Waals surface area contributed by atoms with Gasteiger partial charge in [0.2, 0.25) is 0 Å². The van der Waals surface area contributed by atoms with E-state index in [0.717, 1.165) is 23.9 Å². The smallest absolute Gasteiger partial charge is 0.402 e. The van der Waals surface area contributed by atoms with Crippen molar-refractivity contribution in [1.29, 1.82) is 0 Å². The van der Waals surface area contributed by atoms with Crippen LogP contribution in [0.1, 0.15) is 73.6 Å². The fourth-order valence-corrected chi connectivity index (χ4v) is 8.31. The third-order valence-electron chi connectivity index (χ3n) is 9.74. The van der Waals surface area contributed by atoms with Crippen molar-refractivity contribution in [2.75, 3.05) is 23.3 Å². The van der Waals surface area contributed by atoms with E-state index in [0.29, 0.717) is 24.5 Å². The zero-order chi connectivity index (χ0) is 37.6. The van der Waals surface area contributed by atoms with Gasteiger partial charge in [-0.3, -0.25) is 4.98 Å². The molecule has 1 amide bonds. The van der Waals surface area contributed by atoms with Crippen LogP contribution in [-0.2, 0) is 16.9 Å². The van der Waals surface area contributed by atoms with Crippen LogP contribution in [0.25, 0.3) is 11.3 Å². The largest absolute Gasteiger partial charge is 0.444 e. The first kappa shape index (κ1) is 39.1. The molecule has 9 nitrogen and oxygen atoms in total. The maximum atomic E-state index is 15.1. The highest BCUT2D eigenvalue weighted by molar-refractivity contribution is 6.79. The van der Waals surface area contributed by atoms with Gasteiger partial charge in [0.1, 0.15) is 28.7 Å². The van der Waals surface area contributed by atoms with Crippen molar-refractivity contribution >= 4 is 25.7 Å². The molecule has 50 heavy (non-hydrogen) atoms. The number of nitrogens with zero attached hydrogens (tertiary/aromatic N) is 4. The molecule has 3 heterocycles. The van der Waals surface area contributed by atoms with Crippen molar-refractivity contribution in [3.63, 3.8) is 0 Å². The standard InChI is InChI=1S/C37H52F3N5O4Si/c1-22-20-44(21-30(33(22)46)45(34(47)49-35(2,3)4)50(10,11)36(5,6)7)29-14-15-41-19-28(29)42-18-24-12-13-25(38)32(43-24)31-26(39)16-23(17-27(31)40)37(8,9)48/h12-17,19,22,30,33,42,46,48H,18,20-21H2,1-11H3/t22-,30+,33+/m0/s1. The topological polar surface area (TPSA) is 111 Å². The second-order valence-electron chi connectivity index (χ2n) is 16.4. The lowest BCUT2D eigenvalue weighted by Crippen LogP contribution is -2.69. The number of nitrogens with one attached hydrogen (secondary N) is 1. The summed E-state index contributed by atoms with van der Waals surface area (Å²) in [6.07, 6.45) is 2.04. The van der Waals surface area contributed by atoms with E-state index >= 15 is 8.78 Å². The Morgan fingerprint density at radius 1 is 1.02 bits per heavy atom. The van der Waals surface area contributed by atoms with Crippen molar-refractivity contribution in [3.8, 4) is 11.3 Å². The molecular formula is C37H52F3N5O4Si. The molecule has 0 radical (unpaired) electrons. The first-order valence-electron chi connectivity index (χ1n) is 16.9. The van der Waals surface area contributed by atoms with Crippen molar-refractivity contribution in [3.05, 3.63) is 71.4 Å². The normalized spacial score (nSPS) is 19.0. The van der Waals surface area contributed by atoms with E-state index in [4.69, 9.17) is 4.74 Å². The molecule has 3 atom stereocenters. The third kappa shape index (κ3) is 8.43. The van der Waals surface area contributed by atoms with E-state index in [1.807, 2.05) is 38.3 Å². The summed E-state index contributed by atoms with van der Waals surface area (Å²) < 4.78 is 53.0. The van der Waals surface area contributed by atoms with Crippen LogP contribution in [-0.4, -0.2) is 69.9 Å². The van der Waals surface area contributed by atoms with E-state index in [2.05, 4.69) is 54.0 Å². The van der Waals surface area contributed by atoms with Gasteiger partial charge in [-0.1, -0.05) is 40.8 Å². The summed E-state index contributed by atoms with van der Waals surface area (Å²) in [5, 5.41) is 24.9. The minimum absolute atomic E-state index is 0.0129. The second-order valence-corrected chi connectivity index (χ2v) is 21.5. The van der Waals surface area contributed by atoms with E-state index in [1.165, 1.54) is 19.9 Å². The Morgan fingerprint density at radius 2 is 1.64 bits per heavy atom. The Kier molecular flexibility index (Phi) is 11.1. The van der Waals surface area contributed by atoms with Crippen LogP contribution in [0.2, 0.25) is 18.1 Å². The highest BCUT2D eigenvalue weighted by Gasteiger charge is 2.52. The summed E-state index contributed by atoms with van der Waals surface area (Å²) in [7, 11) is -2.58. The number of aliphatic hydroxyl groups excluding tert-OH is 1. The molecule has 0 bridgehead atoms. The fourth-order valence-electron chi connectivity index (χ4n) is 6.02. The molecule has 4 rings (SSSR count). The van der Waals surface area contributed by atoms with Gasteiger partial charge in [0.15, 0.2) is 8.24 Å². The Hall–Kier alpha value is -3.68. The monoisotopic (exact) mass is 715 g/mol. The number of aliphatic hydroxyl groups is 2. The van der Waals surface area contributed by atoms with Gasteiger partial charge in [-0.15, -0.1) is 0 Å². The Bertz CT molecular complexity index is 1680. The van der Waals surface area contributed by atoms with Crippen LogP contribution >= 0.6 is 0 Å². The maximum Gasteiger partial charge on any atom is 0.402 e. The third-order valence-corrected chi connectivity index (χ3v) is 15.1. The van der Waals surface area contributed by atoms with Crippen molar-refractivity contribution in [1.82, 2.24) is 14.5 Å². The predicted molar refractivity (Wildman–Crippen MR) is 193 cm³/mol. The number of amides is 1. The van der Waals surface area contributed by atoms with Crippen LogP contribution in [0.5, 0.6) is 0 Å². The van der Waals surface area contributed by atoms with Crippen LogP contribution in [0, 0.1) is 23.4 Å². The Labute approximate surface area is 295 Å². The summed E-state index contributed by atoms with van der Waals surface area (Å²) in [6.45, 7) is 21.7. The van der Waals surface area contributed by atoms with Crippen LogP contribution in [0.3, 0.4) is 0 Å². The molecule has 1 aliphatic heterocycles. The van der Waals surface area contributed by atoms with Gasteiger partial charge in [0.25, 0.3) is 0 Å². The number of hydrogen-bond donors (Lipinski definition) is 3. The van der Waals surface area contributed by atoms with Crippen LogP contribution in [0.4, 0.5) is 29.3 Å². The van der Waals surface area contributed by atoms with Gasteiger partial charge in [-0.25, -0.2) is 22.9 Å². The molecule has 274 valence electrons. The fraction of sp³-hybridized carbons (Fsp3) is 0.541. The van der Waals surface area contributed by atoms with E-state index < -0.39 is 66.4 Å². The molecule has 13 heteroatoms. The summed E-state index contributed by atoms with van der Waals surface area (Å²) in [5.74, 6) is -3.18. The molecule has 0 spiro atoms. The Balaban J connectivity index is 1.65. The molecule has 2 aromatic heterocycles. The SMILES string of the molecule is C[C@H]1CN(c2ccncc2NCc2ccc(F)c(-c3c(F)cc(C(C)(C)O)cc3F)n2)C[C@@H](N(C(=O)OC(C)(C)C)[Si](C)(C)C(C)(C)C)[C@@H]1O. The highest BCUT2D eigenvalue weighted by atomic mass is 28.3. The predicted octanol–water partition coefficient (Wildman–Crippen LogP) is 7.83. The molecule has 1 aliphatic rings. The number of pyridine rings is 2. The number of benzene rings is 1. The molecular weight excluding hydrogens is 664 g/mol. The number of rotatable bonds is 8. The van der Waals surface area contributed by atoms with Gasteiger partial charge in [-0.05, 0) is 75.6 Å². The molecule has 3 aromatic rings. The average molecular weight is 716 g/mol. The molecule has 1 saturated heterocycles. The van der Waals surface area contributed by atoms with Gasteiger partial charge < -0.3 is 29.7 Å². The number of halogens is 3. The lowest BCUT2D eigenvalue weighted by Gasteiger charge is -2.54. The summed E-state index contributed by atoms with van der Waals surface area (Å²) in [4.78, 5) is 24.6. The molecule has 0 saturated carbocycles. The highest BCUT2D eigenvalue weighted by Crippen LogP contribution is 2.42. The number of anilines is 2. The lowest BCUT2D eigenvalue weighted by molar-refractivity contribution is -0.00193. The van der Waals surface area contributed by atoms with Crippen molar-refractivity contribution < 1.29 is 32.9 Å². The van der Waals surface area contributed by atoms with Crippen molar-refractivity contribution in [2.45, 2.75) is 110 Å². The van der Waals surface area contributed by atoms with Gasteiger partial charge >= 0.3 is 6.09 Å². The minimum Gasteiger partial charge on any atom is -0.444 e. The molecule has 1 aromatic carbocycles. The summed E-state index contributed by atoms with van der Waals surface area (Å²) in [5.41, 5.74) is -1.62. The first-order valence-corrected chi connectivity index (χ1v) is 19.9. The first-order chi connectivity index (χ1) is 22.9.